The van der Waals surface area contributed by atoms with Gasteiger partial charge < -0.3 is 9.64 Å². The lowest BCUT2D eigenvalue weighted by molar-refractivity contribution is -0.120. The van der Waals surface area contributed by atoms with Crippen LogP contribution >= 0.6 is 15.9 Å². The molecule has 4 nitrogen and oxygen atoms in total. The standard InChI is InChI=1S/C17H19BrN2O2/c1-13(22-2)11-17(21)20(12-15-5-3-4-10-19-15)16-8-6-14(18)7-9-16/h3-10,13H,11-12H2,1-2H3. The van der Waals surface area contributed by atoms with Crippen LogP contribution < -0.4 is 4.90 Å². The molecule has 1 aromatic carbocycles. The number of carbonyl (C=O) groups is 1. The Kier molecular flexibility index (Phi) is 6.10. The quantitative estimate of drug-likeness (QED) is 0.784. The maximum atomic E-state index is 12.6. The van der Waals surface area contributed by atoms with Crippen molar-refractivity contribution in [3.8, 4) is 0 Å². The minimum absolute atomic E-state index is 0.0160. The smallest absolute Gasteiger partial charge is 0.229 e. The summed E-state index contributed by atoms with van der Waals surface area (Å²) in [5, 5.41) is 0. The molecular formula is C17H19BrN2O2. The minimum Gasteiger partial charge on any atom is -0.381 e. The summed E-state index contributed by atoms with van der Waals surface area (Å²) in [6.45, 7) is 2.33. The van der Waals surface area contributed by atoms with Gasteiger partial charge in [-0.05, 0) is 43.3 Å². The van der Waals surface area contributed by atoms with Crippen LogP contribution in [0.5, 0.6) is 0 Å². The van der Waals surface area contributed by atoms with Gasteiger partial charge in [-0.15, -0.1) is 0 Å². The maximum Gasteiger partial charge on any atom is 0.229 e. The summed E-state index contributed by atoms with van der Waals surface area (Å²) in [7, 11) is 1.61. The molecule has 1 amide bonds. The number of aromatic nitrogens is 1. The molecule has 0 aliphatic rings. The third kappa shape index (κ3) is 4.64. The first-order valence-electron chi connectivity index (χ1n) is 7.09. The van der Waals surface area contributed by atoms with E-state index in [0.29, 0.717) is 13.0 Å². The van der Waals surface area contributed by atoms with Gasteiger partial charge in [-0.25, -0.2) is 0 Å². The Bertz CT molecular complexity index is 602. The third-order valence-electron chi connectivity index (χ3n) is 3.35. The highest BCUT2D eigenvalue weighted by atomic mass is 79.9. The summed E-state index contributed by atoms with van der Waals surface area (Å²) in [4.78, 5) is 18.7. The summed E-state index contributed by atoms with van der Waals surface area (Å²) >= 11 is 3.41. The van der Waals surface area contributed by atoms with Crippen LogP contribution in [0, 0.1) is 0 Å². The molecule has 0 fully saturated rings. The Morgan fingerprint density at radius 2 is 2.00 bits per heavy atom. The van der Waals surface area contributed by atoms with Crippen LogP contribution in [-0.4, -0.2) is 24.1 Å². The molecule has 0 spiro atoms. The number of ether oxygens (including phenoxy) is 1. The van der Waals surface area contributed by atoms with Crippen molar-refractivity contribution in [2.45, 2.75) is 26.0 Å². The fourth-order valence-electron chi connectivity index (χ4n) is 2.04. The number of nitrogens with zero attached hydrogens (tertiary/aromatic N) is 2. The Morgan fingerprint density at radius 1 is 1.27 bits per heavy atom. The monoisotopic (exact) mass is 362 g/mol. The van der Waals surface area contributed by atoms with Crippen LogP contribution in [0.1, 0.15) is 19.0 Å². The Labute approximate surface area is 139 Å². The number of amides is 1. The molecule has 0 bridgehead atoms. The highest BCUT2D eigenvalue weighted by molar-refractivity contribution is 9.10. The first-order chi connectivity index (χ1) is 10.6. The van der Waals surface area contributed by atoms with E-state index in [1.165, 1.54) is 0 Å². The van der Waals surface area contributed by atoms with Crippen LogP contribution in [0.4, 0.5) is 5.69 Å². The van der Waals surface area contributed by atoms with Crippen molar-refractivity contribution >= 4 is 27.5 Å². The second kappa shape index (κ2) is 8.06. The van der Waals surface area contributed by atoms with Gasteiger partial charge in [0.15, 0.2) is 0 Å². The summed E-state index contributed by atoms with van der Waals surface area (Å²) in [6, 6.07) is 13.4. The number of anilines is 1. The van der Waals surface area contributed by atoms with Gasteiger partial charge in [0, 0.05) is 23.5 Å². The van der Waals surface area contributed by atoms with E-state index in [2.05, 4.69) is 20.9 Å². The second-order valence-electron chi connectivity index (χ2n) is 5.03. The van der Waals surface area contributed by atoms with Crippen molar-refractivity contribution in [1.82, 2.24) is 4.98 Å². The van der Waals surface area contributed by atoms with Crippen molar-refractivity contribution < 1.29 is 9.53 Å². The van der Waals surface area contributed by atoms with E-state index in [1.807, 2.05) is 49.4 Å². The number of hydrogen-bond donors (Lipinski definition) is 0. The fraction of sp³-hybridized carbons (Fsp3) is 0.294. The highest BCUT2D eigenvalue weighted by Crippen LogP contribution is 2.21. The van der Waals surface area contributed by atoms with Gasteiger partial charge in [0.25, 0.3) is 0 Å². The largest absolute Gasteiger partial charge is 0.381 e. The summed E-state index contributed by atoms with van der Waals surface area (Å²) in [6.07, 6.45) is 1.95. The molecular weight excluding hydrogens is 344 g/mol. The zero-order valence-electron chi connectivity index (χ0n) is 12.7. The number of hydrogen-bond acceptors (Lipinski definition) is 3. The number of methoxy groups -OCH3 is 1. The predicted octanol–water partition coefficient (Wildman–Crippen LogP) is 3.80. The van der Waals surface area contributed by atoms with E-state index in [9.17, 15) is 4.79 Å². The van der Waals surface area contributed by atoms with E-state index < -0.39 is 0 Å². The Morgan fingerprint density at radius 3 is 2.59 bits per heavy atom. The van der Waals surface area contributed by atoms with Gasteiger partial charge in [-0.1, -0.05) is 22.0 Å². The van der Waals surface area contributed by atoms with Crippen molar-refractivity contribution in [3.05, 3.63) is 58.8 Å². The Balaban J connectivity index is 2.23. The van der Waals surface area contributed by atoms with Gasteiger partial charge in [-0.2, -0.15) is 0 Å². The first kappa shape index (κ1) is 16.6. The van der Waals surface area contributed by atoms with Gasteiger partial charge in [0.05, 0.1) is 24.8 Å². The molecule has 1 aromatic heterocycles. The van der Waals surface area contributed by atoms with Gasteiger partial charge >= 0.3 is 0 Å². The molecule has 0 N–H and O–H groups in total. The van der Waals surface area contributed by atoms with Crippen LogP contribution in [0.25, 0.3) is 0 Å². The molecule has 22 heavy (non-hydrogen) atoms. The molecule has 0 saturated heterocycles. The predicted molar refractivity (Wildman–Crippen MR) is 90.7 cm³/mol. The number of halogens is 1. The molecule has 2 rings (SSSR count). The molecule has 116 valence electrons. The molecule has 1 atom stereocenters. The summed E-state index contributed by atoms with van der Waals surface area (Å²) in [5.74, 6) is 0.0160. The molecule has 1 heterocycles. The van der Waals surface area contributed by atoms with E-state index in [1.54, 1.807) is 18.2 Å². The van der Waals surface area contributed by atoms with E-state index >= 15 is 0 Å². The molecule has 0 aliphatic heterocycles. The van der Waals surface area contributed by atoms with Gasteiger partial charge in [0.1, 0.15) is 0 Å². The zero-order valence-corrected chi connectivity index (χ0v) is 14.3. The lowest BCUT2D eigenvalue weighted by Gasteiger charge is -2.24. The van der Waals surface area contributed by atoms with Gasteiger partial charge in [0.2, 0.25) is 5.91 Å². The second-order valence-corrected chi connectivity index (χ2v) is 5.94. The summed E-state index contributed by atoms with van der Waals surface area (Å²) in [5.41, 5.74) is 1.70. The van der Waals surface area contributed by atoms with E-state index in [0.717, 1.165) is 15.9 Å². The molecule has 0 saturated carbocycles. The van der Waals surface area contributed by atoms with Gasteiger partial charge in [-0.3, -0.25) is 9.78 Å². The normalized spacial score (nSPS) is 12.0. The van der Waals surface area contributed by atoms with Crippen LogP contribution in [-0.2, 0) is 16.1 Å². The van der Waals surface area contributed by atoms with E-state index in [-0.39, 0.29) is 12.0 Å². The zero-order chi connectivity index (χ0) is 15.9. The van der Waals surface area contributed by atoms with Crippen molar-refractivity contribution in [2.75, 3.05) is 12.0 Å². The number of pyridine rings is 1. The third-order valence-corrected chi connectivity index (χ3v) is 3.88. The molecule has 1 unspecified atom stereocenters. The van der Waals surface area contributed by atoms with Crippen LogP contribution in [0.2, 0.25) is 0 Å². The fourth-order valence-corrected chi connectivity index (χ4v) is 2.30. The van der Waals surface area contributed by atoms with E-state index in [4.69, 9.17) is 4.74 Å². The van der Waals surface area contributed by atoms with Crippen LogP contribution in [0.3, 0.4) is 0 Å². The highest BCUT2D eigenvalue weighted by Gasteiger charge is 2.19. The van der Waals surface area contributed by atoms with Crippen molar-refractivity contribution in [3.63, 3.8) is 0 Å². The lowest BCUT2D eigenvalue weighted by Crippen LogP contribution is -2.33. The summed E-state index contributed by atoms with van der Waals surface area (Å²) < 4.78 is 6.18. The first-order valence-corrected chi connectivity index (χ1v) is 7.88. The molecule has 0 radical (unpaired) electrons. The topological polar surface area (TPSA) is 42.4 Å². The Hall–Kier alpha value is -1.72. The SMILES string of the molecule is COC(C)CC(=O)N(Cc1ccccn1)c1ccc(Br)cc1. The molecule has 2 aromatic rings. The number of rotatable bonds is 6. The average molecular weight is 363 g/mol. The number of benzene rings is 1. The average Bonchev–Trinajstić information content (AvgIpc) is 2.54. The minimum atomic E-state index is -0.116. The maximum absolute atomic E-state index is 12.6. The number of carbonyl (C=O) groups excluding carboxylic acids is 1. The van der Waals surface area contributed by atoms with Crippen molar-refractivity contribution in [2.24, 2.45) is 0 Å². The lowest BCUT2D eigenvalue weighted by atomic mass is 10.2. The van der Waals surface area contributed by atoms with Crippen molar-refractivity contribution in [1.29, 1.82) is 0 Å². The molecule has 5 heteroatoms. The molecule has 0 aliphatic carbocycles. The van der Waals surface area contributed by atoms with Crippen LogP contribution in [0.15, 0.2) is 53.1 Å².